The molecular weight excluding hydrogens is 262 g/mol. The molecule has 0 heterocycles. The largest absolute Gasteiger partial charge is 0.493 e. The summed E-state index contributed by atoms with van der Waals surface area (Å²) in [5.41, 5.74) is 9.27. The summed E-state index contributed by atoms with van der Waals surface area (Å²) in [6.45, 7) is 2.92. The fourth-order valence-electron chi connectivity index (χ4n) is 2.46. The molecule has 2 aromatic rings. The number of hydrogen-bond donors (Lipinski definition) is 1. The molecule has 0 amide bonds. The number of rotatable bonds is 6. The molecular formula is C18H23NO2. The molecule has 0 aliphatic heterocycles. The van der Waals surface area contributed by atoms with Crippen molar-refractivity contribution >= 4 is 0 Å². The van der Waals surface area contributed by atoms with Crippen LogP contribution >= 0.6 is 0 Å². The predicted molar refractivity (Wildman–Crippen MR) is 87.1 cm³/mol. The molecule has 0 radical (unpaired) electrons. The molecule has 0 saturated heterocycles. The van der Waals surface area contributed by atoms with Crippen molar-refractivity contribution < 1.29 is 9.47 Å². The van der Waals surface area contributed by atoms with Crippen molar-refractivity contribution in [3.05, 3.63) is 48.0 Å². The highest BCUT2D eigenvalue weighted by Crippen LogP contribution is 2.33. The lowest BCUT2D eigenvalue weighted by atomic mass is 9.94. The second-order valence-electron chi connectivity index (χ2n) is 5.17. The van der Waals surface area contributed by atoms with E-state index >= 15 is 0 Å². The minimum atomic E-state index is 0.468. The van der Waals surface area contributed by atoms with Gasteiger partial charge in [-0.1, -0.05) is 37.3 Å². The smallest absolute Gasteiger partial charge is 0.161 e. The Balaban J connectivity index is 2.36. The monoisotopic (exact) mass is 285 g/mol. The van der Waals surface area contributed by atoms with Crippen LogP contribution in [0, 0.1) is 0 Å². The summed E-state index contributed by atoms with van der Waals surface area (Å²) in [5, 5.41) is 0. The van der Waals surface area contributed by atoms with Gasteiger partial charge in [0.05, 0.1) is 14.2 Å². The summed E-state index contributed by atoms with van der Waals surface area (Å²) in [6, 6.07) is 14.6. The topological polar surface area (TPSA) is 44.5 Å². The van der Waals surface area contributed by atoms with Gasteiger partial charge in [-0.25, -0.2) is 0 Å². The second-order valence-corrected chi connectivity index (χ2v) is 5.17. The van der Waals surface area contributed by atoms with E-state index in [-0.39, 0.29) is 0 Å². The summed E-state index contributed by atoms with van der Waals surface area (Å²) in [5.74, 6) is 1.96. The first-order valence-corrected chi connectivity index (χ1v) is 7.22. The molecule has 21 heavy (non-hydrogen) atoms. The first-order valence-electron chi connectivity index (χ1n) is 7.22. The maximum Gasteiger partial charge on any atom is 0.161 e. The standard InChI is InChI=1S/C18H23NO2/c1-13(9-10-19)14-5-4-6-15(11-14)16-7-8-17(20-2)18(12-16)21-3/h4-8,11-13H,9-10,19H2,1-3H3. The van der Waals surface area contributed by atoms with E-state index in [0.29, 0.717) is 12.5 Å². The molecule has 0 spiro atoms. The van der Waals surface area contributed by atoms with Crippen molar-refractivity contribution in [3.63, 3.8) is 0 Å². The number of nitrogens with two attached hydrogens (primary N) is 1. The van der Waals surface area contributed by atoms with Crippen LogP contribution in [0.1, 0.15) is 24.8 Å². The third kappa shape index (κ3) is 3.56. The van der Waals surface area contributed by atoms with Crippen LogP contribution in [0.4, 0.5) is 0 Å². The minimum Gasteiger partial charge on any atom is -0.493 e. The van der Waals surface area contributed by atoms with Crippen LogP contribution in [0.2, 0.25) is 0 Å². The van der Waals surface area contributed by atoms with Crippen molar-refractivity contribution in [2.75, 3.05) is 20.8 Å². The number of benzene rings is 2. The Morgan fingerprint density at radius 3 is 2.33 bits per heavy atom. The molecule has 2 rings (SSSR count). The zero-order valence-corrected chi connectivity index (χ0v) is 12.9. The van der Waals surface area contributed by atoms with Crippen LogP contribution < -0.4 is 15.2 Å². The minimum absolute atomic E-state index is 0.468. The average molecular weight is 285 g/mol. The van der Waals surface area contributed by atoms with Gasteiger partial charge in [0.2, 0.25) is 0 Å². The lowest BCUT2D eigenvalue weighted by Gasteiger charge is -2.13. The molecule has 1 atom stereocenters. The third-order valence-corrected chi connectivity index (χ3v) is 3.77. The van der Waals surface area contributed by atoms with E-state index in [0.717, 1.165) is 23.5 Å². The van der Waals surface area contributed by atoms with Crippen molar-refractivity contribution in [3.8, 4) is 22.6 Å². The number of hydrogen-bond acceptors (Lipinski definition) is 3. The van der Waals surface area contributed by atoms with E-state index in [4.69, 9.17) is 15.2 Å². The highest BCUT2D eigenvalue weighted by atomic mass is 16.5. The van der Waals surface area contributed by atoms with E-state index in [9.17, 15) is 0 Å². The molecule has 2 aromatic carbocycles. The molecule has 0 fully saturated rings. The molecule has 1 unspecified atom stereocenters. The Bertz CT molecular complexity index is 596. The van der Waals surface area contributed by atoms with Crippen LogP contribution in [0.3, 0.4) is 0 Å². The fraction of sp³-hybridized carbons (Fsp3) is 0.333. The molecule has 0 aliphatic carbocycles. The van der Waals surface area contributed by atoms with Gasteiger partial charge in [-0.3, -0.25) is 0 Å². The van der Waals surface area contributed by atoms with Crippen LogP contribution in [0.15, 0.2) is 42.5 Å². The lowest BCUT2D eigenvalue weighted by molar-refractivity contribution is 0.355. The number of methoxy groups -OCH3 is 2. The third-order valence-electron chi connectivity index (χ3n) is 3.77. The quantitative estimate of drug-likeness (QED) is 0.877. The van der Waals surface area contributed by atoms with Gasteiger partial charge in [-0.05, 0) is 47.7 Å². The van der Waals surface area contributed by atoms with Gasteiger partial charge in [0.15, 0.2) is 11.5 Å². The summed E-state index contributed by atoms with van der Waals surface area (Å²) in [7, 11) is 3.30. The normalized spacial score (nSPS) is 12.0. The summed E-state index contributed by atoms with van der Waals surface area (Å²) in [6.07, 6.45) is 0.995. The van der Waals surface area contributed by atoms with Crippen molar-refractivity contribution in [1.82, 2.24) is 0 Å². The Morgan fingerprint density at radius 1 is 0.952 bits per heavy atom. The molecule has 3 heteroatoms. The highest BCUT2D eigenvalue weighted by Gasteiger charge is 2.09. The maximum atomic E-state index is 5.66. The van der Waals surface area contributed by atoms with Crippen molar-refractivity contribution in [1.29, 1.82) is 0 Å². The maximum absolute atomic E-state index is 5.66. The van der Waals surface area contributed by atoms with Gasteiger partial charge < -0.3 is 15.2 Å². The lowest BCUT2D eigenvalue weighted by Crippen LogP contribution is -2.04. The molecule has 2 N–H and O–H groups in total. The first kappa shape index (κ1) is 15.4. The molecule has 0 bridgehead atoms. The van der Waals surface area contributed by atoms with E-state index < -0.39 is 0 Å². The Hall–Kier alpha value is -2.00. The van der Waals surface area contributed by atoms with Gasteiger partial charge in [0, 0.05) is 0 Å². The molecule has 0 aromatic heterocycles. The zero-order valence-electron chi connectivity index (χ0n) is 12.9. The van der Waals surface area contributed by atoms with Crippen LogP contribution in [-0.2, 0) is 0 Å². The fourth-order valence-corrected chi connectivity index (χ4v) is 2.46. The Kier molecular flexibility index (Phi) is 5.23. The SMILES string of the molecule is COc1ccc(-c2cccc(C(C)CCN)c2)cc1OC. The van der Waals surface area contributed by atoms with Crippen LogP contribution in [0.25, 0.3) is 11.1 Å². The predicted octanol–water partition coefficient (Wildman–Crippen LogP) is 3.82. The van der Waals surface area contributed by atoms with E-state index in [1.54, 1.807) is 14.2 Å². The highest BCUT2D eigenvalue weighted by molar-refractivity contribution is 5.68. The van der Waals surface area contributed by atoms with Gasteiger partial charge in [0.1, 0.15) is 0 Å². The van der Waals surface area contributed by atoms with Crippen molar-refractivity contribution in [2.45, 2.75) is 19.3 Å². The second kappa shape index (κ2) is 7.14. The Labute approximate surface area is 126 Å². The van der Waals surface area contributed by atoms with Gasteiger partial charge >= 0.3 is 0 Å². The average Bonchev–Trinajstić information content (AvgIpc) is 2.54. The summed E-state index contributed by atoms with van der Waals surface area (Å²) >= 11 is 0. The number of ether oxygens (including phenoxy) is 2. The molecule has 0 aliphatic rings. The molecule has 112 valence electrons. The van der Waals surface area contributed by atoms with Crippen LogP contribution in [-0.4, -0.2) is 20.8 Å². The summed E-state index contributed by atoms with van der Waals surface area (Å²) in [4.78, 5) is 0. The van der Waals surface area contributed by atoms with Crippen LogP contribution in [0.5, 0.6) is 11.5 Å². The molecule has 0 saturated carbocycles. The van der Waals surface area contributed by atoms with E-state index in [1.165, 1.54) is 11.1 Å². The molecule has 3 nitrogen and oxygen atoms in total. The summed E-state index contributed by atoms with van der Waals surface area (Å²) < 4.78 is 10.7. The van der Waals surface area contributed by atoms with Gasteiger partial charge in [0.25, 0.3) is 0 Å². The Morgan fingerprint density at radius 2 is 1.67 bits per heavy atom. The van der Waals surface area contributed by atoms with Crippen molar-refractivity contribution in [2.24, 2.45) is 5.73 Å². The van der Waals surface area contributed by atoms with E-state index in [2.05, 4.69) is 31.2 Å². The zero-order chi connectivity index (χ0) is 15.2. The van der Waals surface area contributed by atoms with Gasteiger partial charge in [-0.2, -0.15) is 0 Å². The van der Waals surface area contributed by atoms with E-state index in [1.807, 2.05) is 18.2 Å². The first-order chi connectivity index (χ1) is 10.2. The van der Waals surface area contributed by atoms with Gasteiger partial charge in [-0.15, -0.1) is 0 Å².